The van der Waals surface area contributed by atoms with Gasteiger partial charge >= 0.3 is 5.97 Å². The summed E-state index contributed by atoms with van der Waals surface area (Å²) in [6.45, 7) is 6.01. The van der Waals surface area contributed by atoms with Crippen LogP contribution in [0.4, 0.5) is 0 Å². The van der Waals surface area contributed by atoms with E-state index in [1.165, 1.54) is 0 Å². The molecule has 7 heteroatoms. The predicted molar refractivity (Wildman–Crippen MR) is 106 cm³/mol. The van der Waals surface area contributed by atoms with E-state index >= 15 is 0 Å². The highest BCUT2D eigenvalue weighted by atomic mass is 35.5. The van der Waals surface area contributed by atoms with Crippen molar-refractivity contribution in [3.05, 3.63) is 34.9 Å². The first-order chi connectivity index (χ1) is 12.6. The van der Waals surface area contributed by atoms with Crippen LogP contribution in [0, 0.1) is 0 Å². The molecule has 0 bridgehead atoms. The molecule has 0 aromatic heterocycles. The van der Waals surface area contributed by atoms with E-state index < -0.39 is 0 Å². The largest absolute Gasteiger partial charge is 0.465 e. The average molecular weight is 399 g/mol. The van der Waals surface area contributed by atoms with Gasteiger partial charge in [-0.05, 0) is 26.0 Å². The Morgan fingerprint density at radius 3 is 2.77 bits per heavy atom. The van der Waals surface area contributed by atoms with Gasteiger partial charge in [-0.15, -0.1) is 11.8 Å². The minimum atomic E-state index is -0.283. The second kappa shape index (κ2) is 10.8. The molecule has 2 rings (SSSR count). The number of esters is 1. The van der Waals surface area contributed by atoms with E-state index in [2.05, 4.69) is 6.92 Å². The zero-order chi connectivity index (χ0) is 18.9. The Bertz CT molecular complexity index is 614. The van der Waals surface area contributed by atoms with E-state index in [0.717, 1.165) is 24.2 Å². The first kappa shape index (κ1) is 21.1. The standard InChI is InChI=1S/C19H27ClN2O3S/c1-3-5-10-21(14-18(24)25-4-2)13-17(23)22-11-12-26-19(22)15-8-6-7-9-16(15)20/h6-9,19H,3-5,10-14H2,1-2H3. The summed E-state index contributed by atoms with van der Waals surface area (Å²) in [5.74, 6) is 0.629. The number of ether oxygens (including phenoxy) is 1. The Morgan fingerprint density at radius 2 is 2.08 bits per heavy atom. The van der Waals surface area contributed by atoms with Gasteiger partial charge in [0.05, 0.1) is 19.7 Å². The topological polar surface area (TPSA) is 49.9 Å². The highest BCUT2D eigenvalue weighted by molar-refractivity contribution is 7.99. The molecule has 0 aliphatic carbocycles. The number of hydrogen-bond donors (Lipinski definition) is 0. The number of carbonyl (C=O) groups is 2. The third kappa shape index (κ3) is 5.89. The smallest absolute Gasteiger partial charge is 0.320 e. The van der Waals surface area contributed by atoms with Crippen LogP contribution in [0.5, 0.6) is 0 Å². The van der Waals surface area contributed by atoms with Gasteiger partial charge < -0.3 is 9.64 Å². The first-order valence-electron chi connectivity index (χ1n) is 9.10. The van der Waals surface area contributed by atoms with Gasteiger partial charge in [-0.3, -0.25) is 14.5 Å². The molecular formula is C19H27ClN2O3S. The van der Waals surface area contributed by atoms with Gasteiger partial charge in [0.15, 0.2) is 0 Å². The van der Waals surface area contributed by atoms with E-state index in [0.29, 0.717) is 24.7 Å². The predicted octanol–water partition coefficient (Wildman–Crippen LogP) is 3.58. The number of thioether (sulfide) groups is 1. The molecule has 144 valence electrons. The molecule has 0 radical (unpaired) electrons. The normalized spacial score (nSPS) is 16.9. The average Bonchev–Trinajstić information content (AvgIpc) is 3.10. The molecule has 1 aromatic carbocycles. The molecule has 1 aliphatic rings. The number of hydrogen-bond acceptors (Lipinski definition) is 5. The zero-order valence-electron chi connectivity index (χ0n) is 15.4. The molecule has 0 saturated carbocycles. The summed E-state index contributed by atoms with van der Waals surface area (Å²) >= 11 is 8.05. The molecule has 0 spiro atoms. The Kier molecular flexibility index (Phi) is 8.75. The fourth-order valence-electron chi connectivity index (χ4n) is 2.93. The van der Waals surface area contributed by atoms with Crippen LogP contribution in [0.3, 0.4) is 0 Å². The summed E-state index contributed by atoms with van der Waals surface area (Å²) in [6, 6.07) is 7.66. The quantitative estimate of drug-likeness (QED) is 0.595. The zero-order valence-corrected chi connectivity index (χ0v) is 17.0. The maximum Gasteiger partial charge on any atom is 0.320 e. The summed E-state index contributed by atoms with van der Waals surface area (Å²) in [5, 5.41) is 0.617. The minimum Gasteiger partial charge on any atom is -0.465 e. The second-order valence-corrected chi connectivity index (χ2v) is 7.80. The number of unbranched alkanes of at least 4 members (excludes halogenated alkanes) is 1. The summed E-state index contributed by atoms with van der Waals surface area (Å²) in [6.07, 6.45) is 1.95. The maximum absolute atomic E-state index is 12.9. The number of nitrogens with zero attached hydrogens (tertiary/aromatic N) is 2. The van der Waals surface area contributed by atoms with Gasteiger partial charge in [-0.2, -0.15) is 0 Å². The molecular weight excluding hydrogens is 372 g/mol. The lowest BCUT2D eigenvalue weighted by molar-refractivity contribution is -0.145. The van der Waals surface area contributed by atoms with Crippen LogP contribution in [0.15, 0.2) is 24.3 Å². The van der Waals surface area contributed by atoms with Crippen LogP contribution in [-0.2, 0) is 14.3 Å². The summed E-state index contributed by atoms with van der Waals surface area (Å²) in [5.41, 5.74) is 0.968. The van der Waals surface area contributed by atoms with E-state index in [-0.39, 0.29) is 30.3 Å². The minimum absolute atomic E-state index is 0.0281. The molecule has 1 fully saturated rings. The SMILES string of the molecule is CCCCN(CC(=O)OCC)CC(=O)N1CCSC1c1ccccc1Cl. The number of benzene rings is 1. The van der Waals surface area contributed by atoms with E-state index in [4.69, 9.17) is 16.3 Å². The van der Waals surface area contributed by atoms with Crippen molar-refractivity contribution in [1.82, 2.24) is 9.80 Å². The first-order valence-corrected chi connectivity index (χ1v) is 10.5. The maximum atomic E-state index is 12.9. The van der Waals surface area contributed by atoms with Crippen molar-refractivity contribution in [2.45, 2.75) is 32.1 Å². The number of carbonyl (C=O) groups excluding carboxylic acids is 2. The van der Waals surface area contributed by atoms with Gasteiger partial charge in [-0.1, -0.05) is 43.1 Å². The van der Waals surface area contributed by atoms with Crippen molar-refractivity contribution in [3.8, 4) is 0 Å². The Balaban J connectivity index is 2.04. The van der Waals surface area contributed by atoms with Crippen LogP contribution in [0.25, 0.3) is 0 Å². The third-order valence-corrected chi connectivity index (χ3v) is 5.81. The summed E-state index contributed by atoms with van der Waals surface area (Å²) < 4.78 is 5.04. The highest BCUT2D eigenvalue weighted by Gasteiger charge is 2.32. The van der Waals surface area contributed by atoms with Crippen molar-refractivity contribution in [2.75, 3.05) is 38.5 Å². The molecule has 1 saturated heterocycles. The highest BCUT2D eigenvalue weighted by Crippen LogP contribution is 2.40. The van der Waals surface area contributed by atoms with Crippen LogP contribution in [0.2, 0.25) is 5.02 Å². The third-order valence-electron chi connectivity index (χ3n) is 4.23. The summed E-state index contributed by atoms with van der Waals surface area (Å²) in [4.78, 5) is 28.5. The Morgan fingerprint density at radius 1 is 1.31 bits per heavy atom. The van der Waals surface area contributed by atoms with Gasteiger partial charge in [0.2, 0.25) is 5.91 Å². The van der Waals surface area contributed by atoms with Gasteiger partial charge in [-0.25, -0.2) is 0 Å². The molecule has 1 amide bonds. The van der Waals surface area contributed by atoms with Crippen molar-refractivity contribution >= 4 is 35.2 Å². The van der Waals surface area contributed by atoms with E-state index in [9.17, 15) is 9.59 Å². The van der Waals surface area contributed by atoms with Crippen LogP contribution in [-0.4, -0.2) is 60.2 Å². The molecule has 1 atom stereocenters. The second-order valence-electron chi connectivity index (χ2n) is 6.20. The Hall–Kier alpha value is -1.24. The van der Waals surface area contributed by atoms with Crippen LogP contribution >= 0.6 is 23.4 Å². The number of halogens is 1. The molecule has 5 nitrogen and oxygen atoms in total. The van der Waals surface area contributed by atoms with Crippen molar-refractivity contribution in [3.63, 3.8) is 0 Å². The van der Waals surface area contributed by atoms with Crippen molar-refractivity contribution in [2.24, 2.45) is 0 Å². The number of rotatable bonds is 9. The monoisotopic (exact) mass is 398 g/mol. The Labute approximate surface area is 165 Å². The lowest BCUT2D eigenvalue weighted by Gasteiger charge is -2.28. The fourth-order valence-corrected chi connectivity index (χ4v) is 4.54. The molecule has 1 heterocycles. The molecule has 0 N–H and O–H groups in total. The van der Waals surface area contributed by atoms with Crippen molar-refractivity contribution < 1.29 is 14.3 Å². The van der Waals surface area contributed by atoms with Crippen LogP contribution < -0.4 is 0 Å². The molecule has 1 aromatic rings. The van der Waals surface area contributed by atoms with Gasteiger partial charge in [0.1, 0.15) is 5.37 Å². The van der Waals surface area contributed by atoms with Gasteiger partial charge in [0.25, 0.3) is 0 Å². The lowest BCUT2D eigenvalue weighted by Crippen LogP contribution is -2.42. The fraction of sp³-hybridized carbons (Fsp3) is 0.579. The van der Waals surface area contributed by atoms with Crippen molar-refractivity contribution in [1.29, 1.82) is 0 Å². The lowest BCUT2D eigenvalue weighted by atomic mass is 10.2. The van der Waals surface area contributed by atoms with Crippen LogP contribution in [0.1, 0.15) is 37.6 Å². The van der Waals surface area contributed by atoms with E-state index in [1.54, 1.807) is 18.7 Å². The molecule has 26 heavy (non-hydrogen) atoms. The molecule has 1 aliphatic heterocycles. The molecule has 1 unspecified atom stereocenters. The van der Waals surface area contributed by atoms with Gasteiger partial charge in [0, 0.05) is 22.9 Å². The van der Waals surface area contributed by atoms with E-state index in [1.807, 2.05) is 34.1 Å². The summed E-state index contributed by atoms with van der Waals surface area (Å²) in [7, 11) is 0. The number of amides is 1.